The van der Waals surface area contributed by atoms with Crippen LogP contribution in [0.15, 0.2) is 52.2 Å². The Bertz CT molecular complexity index is 760. The Labute approximate surface area is 143 Å². The van der Waals surface area contributed by atoms with E-state index >= 15 is 0 Å². The van der Waals surface area contributed by atoms with Crippen LogP contribution in [0, 0.1) is 6.92 Å². The highest BCUT2D eigenvalue weighted by Crippen LogP contribution is 2.21. The van der Waals surface area contributed by atoms with Gasteiger partial charge in [-0.1, -0.05) is 24.6 Å². The Morgan fingerprint density at radius 2 is 2.00 bits per heavy atom. The van der Waals surface area contributed by atoms with Crippen LogP contribution in [0.3, 0.4) is 0 Å². The number of benzene rings is 1. The molecule has 0 aliphatic carbocycles. The predicted molar refractivity (Wildman–Crippen MR) is 96.8 cm³/mol. The molecule has 3 nitrogen and oxygen atoms in total. The first kappa shape index (κ1) is 16.8. The molecular formula is C17H17BrN2OS. The van der Waals surface area contributed by atoms with Gasteiger partial charge >= 0.3 is 0 Å². The summed E-state index contributed by atoms with van der Waals surface area (Å²) in [5.74, 6) is 0.148. The summed E-state index contributed by atoms with van der Waals surface area (Å²) in [7, 11) is 0. The van der Waals surface area contributed by atoms with E-state index < -0.39 is 0 Å². The van der Waals surface area contributed by atoms with Crippen molar-refractivity contribution in [2.75, 3.05) is 0 Å². The van der Waals surface area contributed by atoms with Crippen molar-refractivity contribution in [3.8, 4) is 0 Å². The number of nitrogens with zero attached hydrogens (tertiary/aromatic N) is 1. The molecule has 0 atom stereocenters. The highest BCUT2D eigenvalue weighted by atomic mass is 79.9. The number of carbonyl (C=O) groups is 1. The van der Waals surface area contributed by atoms with Crippen molar-refractivity contribution >= 4 is 45.2 Å². The zero-order chi connectivity index (χ0) is 16.1. The van der Waals surface area contributed by atoms with E-state index in [4.69, 9.17) is 0 Å². The Morgan fingerprint density at radius 3 is 2.59 bits per heavy atom. The molecule has 3 aromatic rings. The molecule has 0 saturated heterocycles. The molecule has 3 rings (SSSR count). The van der Waals surface area contributed by atoms with Gasteiger partial charge in [-0.3, -0.25) is 4.79 Å². The van der Waals surface area contributed by atoms with Crippen LogP contribution < -0.4 is 0 Å². The van der Waals surface area contributed by atoms with E-state index in [0.29, 0.717) is 6.42 Å². The summed E-state index contributed by atoms with van der Waals surface area (Å²) in [5, 5.41) is 0.929. The molecular weight excluding hydrogens is 360 g/mol. The van der Waals surface area contributed by atoms with Gasteiger partial charge in [-0.25, -0.2) is 4.98 Å². The summed E-state index contributed by atoms with van der Waals surface area (Å²) >= 11 is 7.42. The van der Waals surface area contributed by atoms with Crippen LogP contribution in [-0.2, 0) is 0 Å². The fourth-order valence-corrected chi connectivity index (χ4v) is 2.44. The number of nitrogens with one attached hydrogen (secondary N) is 1. The maximum absolute atomic E-state index is 11.5. The van der Waals surface area contributed by atoms with Crippen LogP contribution in [0.1, 0.15) is 29.3 Å². The zero-order valence-corrected chi connectivity index (χ0v) is 14.9. The largest absolute Gasteiger partial charge is 0.359 e. The zero-order valence-electron chi connectivity index (χ0n) is 12.4. The van der Waals surface area contributed by atoms with Gasteiger partial charge < -0.3 is 4.98 Å². The number of hydrogen-bond donors (Lipinski definition) is 2. The van der Waals surface area contributed by atoms with Gasteiger partial charge in [-0.15, -0.1) is 12.6 Å². The molecule has 0 bridgehead atoms. The second-order valence-corrected chi connectivity index (χ2v) is 6.20. The number of thiol groups is 1. The van der Waals surface area contributed by atoms with Gasteiger partial charge in [0, 0.05) is 28.5 Å². The lowest BCUT2D eigenvalue weighted by Gasteiger charge is -1.95. The number of halogens is 1. The van der Waals surface area contributed by atoms with Gasteiger partial charge in [0.15, 0.2) is 5.78 Å². The number of aromatic nitrogens is 2. The maximum Gasteiger partial charge on any atom is 0.164 e. The lowest BCUT2D eigenvalue weighted by Crippen LogP contribution is -1.94. The van der Waals surface area contributed by atoms with Gasteiger partial charge in [-0.2, -0.15) is 0 Å². The Morgan fingerprint density at radius 1 is 1.32 bits per heavy atom. The SMILES string of the molecule is CCC(=O)c1c[nH]c2cnc(Br)cc12.Cc1ccc(S)cc1. The van der Waals surface area contributed by atoms with Crippen molar-refractivity contribution in [2.24, 2.45) is 0 Å². The summed E-state index contributed by atoms with van der Waals surface area (Å²) in [5.41, 5.74) is 2.92. The average Bonchev–Trinajstić information content (AvgIpc) is 2.93. The maximum atomic E-state index is 11.5. The van der Waals surface area contributed by atoms with Crippen LogP contribution >= 0.6 is 28.6 Å². The first-order chi connectivity index (χ1) is 10.5. The molecule has 1 N–H and O–H groups in total. The van der Waals surface area contributed by atoms with E-state index in [1.165, 1.54) is 5.56 Å². The van der Waals surface area contributed by atoms with Gasteiger partial charge in [-0.05, 0) is 41.1 Å². The van der Waals surface area contributed by atoms with Gasteiger partial charge in [0.2, 0.25) is 0 Å². The molecule has 0 radical (unpaired) electrons. The van der Waals surface area contributed by atoms with E-state index in [2.05, 4.69) is 45.5 Å². The summed E-state index contributed by atoms with van der Waals surface area (Å²) in [6.07, 6.45) is 3.98. The van der Waals surface area contributed by atoms with Crippen molar-refractivity contribution in [3.63, 3.8) is 0 Å². The molecule has 2 aromatic heterocycles. The Hall–Kier alpha value is -1.59. The number of fused-ring (bicyclic) bond motifs is 1. The van der Waals surface area contributed by atoms with E-state index in [9.17, 15) is 4.79 Å². The molecule has 5 heteroatoms. The molecule has 0 aliphatic heterocycles. The van der Waals surface area contributed by atoms with Crippen LogP contribution in [-0.4, -0.2) is 15.8 Å². The van der Waals surface area contributed by atoms with Crippen LogP contribution in [0.2, 0.25) is 0 Å². The van der Waals surface area contributed by atoms with Crippen LogP contribution in [0.5, 0.6) is 0 Å². The molecule has 114 valence electrons. The smallest absolute Gasteiger partial charge is 0.164 e. The first-order valence-corrected chi connectivity index (χ1v) is 8.16. The second-order valence-electron chi connectivity index (χ2n) is 4.87. The quantitative estimate of drug-likeness (QED) is 0.366. The van der Waals surface area contributed by atoms with Crippen molar-refractivity contribution < 1.29 is 4.79 Å². The number of rotatable bonds is 2. The molecule has 0 unspecified atom stereocenters. The van der Waals surface area contributed by atoms with Gasteiger partial charge in [0.1, 0.15) is 4.60 Å². The Kier molecular flexibility index (Phi) is 5.80. The molecule has 0 saturated carbocycles. The van der Waals surface area contributed by atoms with Crippen molar-refractivity contribution in [1.29, 1.82) is 0 Å². The van der Waals surface area contributed by atoms with Crippen LogP contribution in [0.25, 0.3) is 10.9 Å². The highest BCUT2D eigenvalue weighted by Gasteiger charge is 2.10. The first-order valence-electron chi connectivity index (χ1n) is 6.92. The van der Waals surface area contributed by atoms with E-state index in [1.807, 2.05) is 37.3 Å². The minimum atomic E-state index is 0.148. The fraction of sp³-hybridized carbons (Fsp3) is 0.176. The highest BCUT2D eigenvalue weighted by molar-refractivity contribution is 9.10. The lowest BCUT2D eigenvalue weighted by molar-refractivity contribution is 0.0990. The summed E-state index contributed by atoms with van der Waals surface area (Å²) < 4.78 is 0.745. The average molecular weight is 377 g/mol. The normalized spacial score (nSPS) is 10.2. The molecule has 1 aromatic carbocycles. The number of Topliss-reactive ketones (excluding diaryl/α,β-unsaturated/α-hetero) is 1. The minimum absolute atomic E-state index is 0.148. The number of H-pyrrole nitrogens is 1. The van der Waals surface area contributed by atoms with Crippen LogP contribution in [0.4, 0.5) is 0 Å². The number of ketones is 1. The standard InChI is InChI=1S/C10H9BrN2O.C7H8S/c1-2-9(14)7-4-12-8-5-13-10(11)3-6(7)8;1-6-2-4-7(8)5-3-6/h3-5,12H,2H2,1H3;2-5,8H,1H3. The summed E-state index contributed by atoms with van der Waals surface area (Å²) in [6, 6.07) is 9.91. The summed E-state index contributed by atoms with van der Waals surface area (Å²) in [6.45, 7) is 3.92. The van der Waals surface area contributed by atoms with Gasteiger partial charge in [0.25, 0.3) is 0 Å². The third kappa shape index (κ3) is 4.21. The van der Waals surface area contributed by atoms with E-state index in [-0.39, 0.29) is 5.78 Å². The third-order valence-corrected chi connectivity index (χ3v) is 3.92. The number of carbonyl (C=O) groups excluding carboxylic acids is 1. The minimum Gasteiger partial charge on any atom is -0.359 e. The van der Waals surface area contributed by atoms with Crippen molar-refractivity contribution in [2.45, 2.75) is 25.2 Å². The molecule has 0 aliphatic rings. The van der Waals surface area contributed by atoms with Crippen molar-refractivity contribution in [3.05, 3.63) is 58.5 Å². The molecule has 0 amide bonds. The molecule has 2 heterocycles. The predicted octanol–water partition coefficient (Wildman–Crippen LogP) is 5.20. The lowest BCUT2D eigenvalue weighted by atomic mass is 10.1. The van der Waals surface area contributed by atoms with E-state index in [1.54, 1.807) is 12.4 Å². The Balaban J connectivity index is 0.000000188. The number of aryl methyl sites for hydroxylation is 1. The van der Waals surface area contributed by atoms with Gasteiger partial charge in [0.05, 0.1) is 11.7 Å². The van der Waals surface area contributed by atoms with Crippen molar-refractivity contribution in [1.82, 2.24) is 9.97 Å². The summed E-state index contributed by atoms with van der Waals surface area (Å²) in [4.78, 5) is 19.7. The third-order valence-electron chi connectivity index (χ3n) is 3.19. The topological polar surface area (TPSA) is 45.8 Å². The second kappa shape index (κ2) is 7.61. The monoisotopic (exact) mass is 376 g/mol. The molecule has 0 fully saturated rings. The van der Waals surface area contributed by atoms with E-state index in [0.717, 1.165) is 26.0 Å². The molecule has 22 heavy (non-hydrogen) atoms. The fourth-order valence-electron chi connectivity index (χ4n) is 1.96. The molecule has 0 spiro atoms. The number of hydrogen-bond acceptors (Lipinski definition) is 3. The number of pyridine rings is 1. The number of aromatic amines is 1.